The van der Waals surface area contributed by atoms with Crippen molar-refractivity contribution >= 4 is 23.0 Å². The number of aromatic amines is 1. The number of hydrogen-bond acceptors (Lipinski definition) is 3. The fraction of sp³-hybridized carbons (Fsp3) is 0.0556. The summed E-state index contributed by atoms with van der Waals surface area (Å²) >= 11 is 0. The lowest BCUT2D eigenvalue weighted by atomic mass is 10.00. The SMILES string of the molecule is N#Cc1cc(-c2cnc3[nH]cc(/C=C/C(N)=O)c3c2)cc(C(F)(F)F)c1. The van der Waals surface area contributed by atoms with Gasteiger partial charge < -0.3 is 10.7 Å². The molecular weight excluding hydrogens is 345 g/mol. The minimum absolute atomic E-state index is 0.0992. The standard InChI is InChI=1S/C18H11F3N4O/c19-18(20,21)14-4-10(7-22)3-12(5-14)13-6-15-11(1-2-16(23)26)8-24-17(15)25-9-13/h1-6,8-9H,(H2,23,26)(H,24,25)/b2-1+. The molecule has 5 nitrogen and oxygen atoms in total. The molecule has 3 aromatic rings. The number of hydrogen-bond donors (Lipinski definition) is 2. The largest absolute Gasteiger partial charge is 0.416 e. The molecule has 0 saturated heterocycles. The molecule has 0 aliphatic carbocycles. The monoisotopic (exact) mass is 356 g/mol. The van der Waals surface area contributed by atoms with E-state index >= 15 is 0 Å². The maximum absolute atomic E-state index is 13.1. The number of nitrogens with two attached hydrogens (primary N) is 1. The van der Waals surface area contributed by atoms with Gasteiger partial charge in [-0.05, 0) is 35.9 Å². The van der Waals surface area contributed by atoms with E-state index in [2.05, 4.69) is 9.97 Å². The third kappa shape index (κ3) is 3.42. The van der Waals surface area contributed by atoms with Gasteiger partial charge in [-0.15, -0.1) is 0 Å². The summed E-state index contributed by atoms with van der Waals surface area (Å²) < 4.78 is 39.2. The number of fused-ring (bicyclic) bond motifs is 1. The predicted octanol–water partition coefficient (Wildman–Crippen LogP) is 3.62. The summed E-state index contributed by atoms with van der Waals surface area (Å²) in [5, 5.41) is 9.62. The Morgan fingerprint density at radius 1 is 1.23 bits per heavy atom. The lowest BCUT2D eigenvalue weighted by Gasteiger charge is -2.10. The molecule has 0 radical (unpaired) electrons. The van der Waals surface area contributed by atoms with Crippen molar-refractivity contribution in [3.8, 4) is 17.2 Å². The van der Waals surface area contributed by atoms with Gasteiger partial charge in [0.2, 0.25) is 5.91 Å². The Labute approximate surface area is 145 Å². The first-order valence-electron chi connectivity index (χ1n) is 7.35. The van der Waals surface area contributed by atoms with Gasteiger partial charge in [0.05, 0.1) is 17.2 Å². The summed E-state index contributed by atoms with van der Waals surface area (Å²) in [5.74, 6) is -0.625. The van der Waals surface area contributed by atoms with Crippen LogP contribution < -0.4 is 5.73 Å². The van der Waals surface area contributed by atoms with E-state index < -0.39 is 17.6 Å². The Morgan fingerprint density at radius 3 is 2.65 bits per heavy atom. The van der Waals surface area contributed by atoms with E-state index in [0.717, 1.165) is 12.1 Å². The highest BCUT2D eigenvalue weighted by Gasteiger charge is 2.31. The lowest BCUT2D eigenvalue weighted by Crippen LogP contribution is -2.05. The van der Waals surface area contributed by atoms with E-state index in [1.807, 2.05) is 0 Å². The van der Waals surface area contributed by atoms with Gasteiger partial charge in [0.15, 0.2) is 0 Å². The van der Waals surface area contributed by atoms with E-state index in [1.165, 1.54) is 24.4 Å². The average Bonchev–Trinajstić information content (AvgIpc) is 3.01. The smallest absolute Gasteiger partial charge is 0.366 e. The third-order valence-electron chi connectivity index (χ3n) is 3.71. The van der Waals surface area contributed by atoms with Gasteiger partial charge in [-0.3, -0.25) is 4.79 Å². The summed E-state index contributed by atoms with van der Waals surface area (Å²) in [6, 6.07) is 6.50. The topological polar surface area (TPSA) is 95.6 Å². The number of primary amides is 1. The van der Waals surface area contributed by atoms with E-state index in [-0.39, 0.29) is 11.1 Å². The molecule has 0 spiro atoms. The number of nitriles is 1. The fourth-order valence-corrected chi connectivity index (χ4v) is 2.51. The maximum Gasteiger partial charge on any atom is 0.416 e. The Kier molecular flexibility index (Phi) is 4.22. The Bertz CT molecular complexity index is 1070. The first-order valence-corrected chi connectivity index (χ1v) is 7.35. The van der Waals surface area contributed by atoms with Crippen molar-refractivity contribution in [2.24, 2.45) is 5.73 Å². The lowest BCUT2D eigenvalue weighted by molar-refractivity contribution is -0.137. The zero-order valence-electron chi connectivity index (χ0n) is 13.1. The highest BCUT2D eigenvalue weighted by Crippen LogP contribution is 2.34. The van der Waals surface area contributed by atoms with Crippen LogP contribution in [0.15, 0.2) is 42.7 Å². The predicted molar refractivity (Wildman–Crippen MR) is 89.5 cm³/mol. The number of aromatic nitrogens is 2. The van der Waals surface area contributed by atoms with Crippen LogP contribution in [0.5, 0.6) is 0 Å². The van der Waals surface area contributed by atoms with Gasteiger partial charge in [0.25, 0.3) is 0 Å². The molecule has 26 heavy (non-hydrogen) atoms. The van der Waals surface area contributed by atoms with Crippen LogP contribution in [0.1, 0.15) is 16.7 Å². The number of amides is 1. The van der Waals surface area contributed by atoms with E-state index in [0.29, 0.717) is 22.2 Å². The molecule has 0 atom stereocenters. The quantitative estimate of drug-likeness (QED) is 0.702. The van der Waals surface area contributed by atoms with Crippen LogP contribution in [0.2, 0.25) is 0 Å². The first kappa shape index (κ1) is 17.2. The fourth-order valence-electron chi connectivity index (χ4n) is 2.51. The highest BCUT2D eigenvalue weighted by atomic mass is 19.4. The summed E-state index contributed by atoms with van der Waals surface area (Å²) in [4.78, 5) is 18.0. The molecule has 0 fully saturated rings. The van der Waals surface area contributed by atoms with Crippen LogP contribution in [0, 0.1) is 11.3 Å². The van der Waals surface area contributed by atoms with Crippen LogP contribution in [-0.4, -0.2) is 15.9 Å². The molecule has 3 N–H and O–H groups in total. The van der Waals surface area contributed by atoms with Gasteiger partial charge in [-0.1, -0.05) is 0 Å². The number of nitrogens with one attached hydrogen (secondary N) is 1. The first-order chi connectivity index (χ1) is 12.3. The molecule has 0 aliphatic rings. The zero-order valence-corrected chi connectivity index (χ0v) is 13.1. The number of benzene rings is 1. The van der Waals surface area contributed by atoms with Gasteiger partial charge >= 0.3 is 6.18 Å². The Balaban J connectivity index is 2.15. The second-order valence-corrected chi connectivity index (χ2v) is 5.51. The van der Waals surface area contributed by atoms with E-state index in [4.69, 9.17) is 11.0 Å². The van der Waals surface area contributed by atoms with Crippen molar-refractivity contribution < 1.29 is 18.0 Å². The van der Waals surface area contributed by atoms with Crippen molar-refractivity contribution in [3.05, 3.63) is 59.4 Å². The van der Waals surface area contributed by atoms with Crippen molar-refractivity contribution in [2.75, 3.05) is 0 Å². The molecule has 2 aromatic heterocycles. The summed E-state index contributed by atoms with van der Waals surface area (Å²) in [6.45, 7) is 0. The number of rotatable bonds is 3. The van der Waals surface area contributed by atoms with Crippen LogP contribution in [0.25, 0.3) is 28.2 Å². The van der Waals surface area contributed by atoms with Crippen LogP contribution in [0.4, 0.5) is 13.2 Å². The normalized spacial score (nSPS) is 11.8. The number of carbonyl (C=O) groups excluding carboxylic acids is 1. The van der Waals surface area contributed by atoms with E-state index in [9.17, 15) is 18.0 Å². The maximum atomic E-state index is 13.1. The zero-order chi connectivity index (χ0) is 18.9. The van der Waals surface area contributed by atoms with Crippen molar-refractivity contribution in [1.29, 1.82) is 5.26 Å². The molecule has 0 unspecified atom stereocenters. The Morgan fingerprint density at radius 2 is 2.00 bits per heavy atom. The van der Waals surface area contributed by atoms with Gasteiger partial charge in [0, 0.05) is 35.0 Å². The number of alkyl halides is 3. The van der Waals surface area contributed by atoms with Crippen molar-refractivity contribution in [2.45, 2.75) is 6.18 Å². The third-order valence-corrected chi connectivity index (χ3v) is 3.71. The molecule has 0 saturated carbocycles. The molecule has 3 rings (SSSR count). The second-order valence-electron chi connectivity index (χ2n) is 5.51. The van der Waals surface area contributed by atoms with Crippen molar-refractivity contribution in [3.63, 3.8) is 0 Å². The summed E-state index contributed by atoms with van der Waals surface area (Å²) in [5.41, 5.74) is 5.81. The molecule has 0 bridgehead atoms. The highest BCUT2D eigenvalue weighted by molar-refractivity contribution is 5.95. The van der Waals surface area contributed by atoms with Gasteiger partial charge in [-0.2, -0.15) is 18.4 Å². The Hall–Kier alpha value is -3.60. The van der Waals surface area contributed by atoms with Crippen LogP contribution >= 0.6 is 0 Å². The van der Waals surface area contributed by atoms with Crippen LogP contribution in [0.3, 0.4) is 0 Å². The molecule has 1 aromatic carbocycles. The molecule has 8 heteroatoms. The van der Waals surface area contributed by atoms with Crippen molar-refractivity contribution in [1.82, 2.24) is 9.97 Å². The van der Waals surface area contributed by atoms with E-state index in [1.54, 1.807) is 18.3 Å². The number of H-pyrrole nitrogens is 1. The number of carbonyl (C=O) groups is 1. The van der Waals surface area contributed by atoms with Gasteiger partial charge in [-0.25, -0.2) is 4.98 Å². The molecule has 0 aliphatic heterocycles. The number of pyridine rings is 1. The van der Waals surface area contributed by atoms with Crippen LogP contribution in [-0.2, 0) is 11.0 Å². The average molecular weight is 356 g/mol. The number of nitrogens with zero attached hydrogens (tertiary/aromatic N) is 2. The summed E-state index contributed by atoms with van der Waals surface area (Å²) in [7, 11) is 0. The molecule has 2 heterocycles. The molecule has 1 amide bonds. The van der Waals surface area contributed by atoms with Gasteiger partial charge in [0.1, 0.15) is 5.65 Å². The molecular formula is C18H11F3N4O. The molecule has 130 valence electrons. The number of halogens is 3. The minimum Gasteiger partial charge on any atom is -0.366 e. The minimum atomic E-state index is -4.57. The second kappa shape index (κ2) is 6.37. The summed E-state index contributed by atoms with van der Waals surface area (Å²) in [6.07, 6.45) is 1.11.